The molecule has 0 amide bonds. The van der Waals surface area contributed by atoms with E-state index in [2.05, 4.69) is 4.74 Å². The molecule has 142 valence electrons. The first kappa shape index (κ1) is 19.5. The molecule has 2 aromatic rings. The van der Waals surface area contributed by atoms with Crippen LogP contribution >= 0.6 is 23.1 Å². The van der Waals surface area contributed by atoms with E-state index in [-0.39, 0.29) is 10.1 Å². The van der Waals surface area contributed by atoms with Crippen LogP contribution in [-0.2, 0) is 10.0 Å². The lowest BCUT2D eigenvalue weighted by Gasteiger charge is -2.20. The van der Waals surface area contributed by atoms with Gasteiger partial charge in [0.05, 0.1) is 4.90 Å². The van der Waals surface area contributed by atoms with Crippen molar-refractivity contribution >= 4 is 33.1 Å². The number of alkyl halides is 3. The van der Waals surface area contributed by atoms with Gasteiger partial charge >= 0.3 is 6.36 Å². The summed E-state index contributed by atoms with van der Waals surface area (Å²) in [7, 11) is -3.75. The monoisotopic (exact) mass is 423 g/mol. The number of sulfonamides is 1. The van der Waals surface area contributed by atoms with Gasteiger partial charge in [-0.1, -0.05) is 6.07 Å². The van der Waals surface area contributed by atoms with Crippen molar-refractivity contribution in [3.8, 4) is 5.75 Å². The highest BCUT2D eigenvalue weighted by Gasteiger charge is 2.32. The van der Waals surface area contributed by atoms with Gasteiger partial charge in [-0.05, 0) is 42.1 Å². The van der Waals surface area contributed by atoms with Crippen molar-refractivity contribution in [3.05, 3.63) is 46.7 Å². The topological polar surface area (TPSA) is 46.6 Å². The molecule has 1 aromatic heterocycles. The third kappa shape index (κ3) is 4.73. The second kappa shape index (κ2) is 7.79. The fourth-order valence-electron chi connectivity index (χ4n) is 2.65. The van der Waals surface area contributed by atoms with Gasteiger partial charge in [-0.3, -0.25) is 0 Å². The molecule has 1 aliphatic heterocycles. The van der Waals surface area contributed by atoms with E-state index in [1.807, 2.05) is 17.5 Å². The molecule has 0 bridgehead atoms. The van der Waals surface area contributed by atoms with Crippen LogP contribution in [-0.4, -0.2) is 37.9 Å². The molecule has 4 nitrogen and oxygen atoms in total. The smallest absolute Gasteiger partial charge is 0.406 e. The van der Waals surface area contributed by atoms with Gasteiger partial charge in [0.15, 0.2) is 0 Å². The molecule has 0 saturated carbocycles. The molecule has 1 fully saturated rings. The summed E-state index contributed by atoms with van der Waals surface area (Å²) in [5.41, 5.74) is 0. The third-order valence-corrected chi connectivity index (χ3v) is 8.21. The number of benzene rings is 1. The highest BCUT2D eigenvalue weighted by atomic mass is 32.2. The Balaban J connectivity index is 1.71. The first-order chi connectivity index (χ1) is 12.3. The van der Waals surface area contributed by atoms with Crippen molar-refractivity contribution in [2.45, 2.75) is 22.9 Å². The van der Waals surface area contributed by atoms with Crippen LogP contribution in [0, 0.1) is 0 Å². The highest BCUT2D eigenvalue weighted by Crippen LogP contribution is 2.37. The zero-order valence-electron chi connectivity index (χ0n) is 13.5. The van der Waals surface area contributed by atoms with Crippen LogP contribution < -0.4 is 4.74 Å². The summed E-state index contributed by atoms with van der Waals surface area (Å²) in [5, 5.41) is 2.26. The first-order valence-corrected chi connectivity index (χ1v) is 11.1. The summed E-state index contributed by atoms with van der Waals surface area (Å²) in [6, 6.07) is 8.34. The number of ether oxygens (including phenoxy) is 1. The molecule has 0 N–H and O–H groups in total. The predicted molar refractivity (Wildman–Crippen MR) is 96.0 cm³/mol. The van der Waals surface area contributed by atoms with Crippen LogP contribution in [0.25, 0.3) is 0 Å². The van der Waals surface area contributed by atoms with Crippen LogP contribution in [0.3, 0.4) is 0 Å². The molecule has 10 heteroatoms. The molecule has 1 saturated heterocycles. The molecule has 1 aliphatic rings. The Kier molecular flexibility index (Phi) is 5.85. The fraction of sp³-hybridized carbons (Fsp3) is 0.375. The van der Waals surface area contributed by atoms with Crippen molar-refractivity contribution in [2.24, 2.45) is 0 Å². The molecular weight excluding hydrogens is 407 g/mol. The number of halogens is 3. The van der Waals surface area contributed by atoms with Crippen LogP contribution in [0.4, 0.5) is 13.2 Å². The quantitative estimate of drug-likeness (QED) is 0.726. The average Bonchev–Trinajstić information content (AvgIpc) is 2.98. The molecular formula is C16H16F3NO3S3. The maximum absolute atomic E-state index is 12.8. The van der Waals surface area contributed by atoms with E-state index >= 15 is 0 Å². The van der Waals surface area contributed by atoms with Gasteiger partial charge in [-0.15, -0.1) is 24.5 Å². The second-order valence-corrected chi connectivity index (χ2v) is 9.81. The molecule has 0 unspecified atom stereocenters. The molecule has 0 aliphatic carbocycles. The Morgan fingerprint density at radius 3 is 2.46 bits per heavy atom. The summed E-state index contributed by atoms with van der Waals surface area (Å²) in [4.78, 5) is 1.19. The lowest BCUT2D eigenvalue weighted by atomic mass is 10.2. The maximum Gasteiger partial charge on any atom is 0.573 e. The minimum atomic E-state index is -4.81. The number of rotatable bonds is 4. The van der Waals surface area contributed by atoms with E-state index < -0.39 is 22.1 Å². The Morgan fingerprint density at radius 2 is 1.85 bits per heavy atom. The lowest BCUT2D eigenvalue weighted by molar-refractivity contribution is -0.274. The van der Waals surface area contributed by atoms with Gasteiger partial charge in [0.25, 0.3) is 0 Å². The van der Waals surface area contributed by atoms with Crippen molar-refractivity contribution in [1.29, 1.82) is 0 Å². The van der Waals surface area contributed by atoms with Crippen LogP contribution in [0.1, 0.15) is 16.5 Å². The molecule has 2 heterocycles. The SMILES string of the molecule is O=S(=O)(c1ccc(OC(F)(F)F)cc1)N1CCS[C@@H](c2cccs2)CC1. The number of nitrogens with zero attached hydrogens (tertiary/aromatic N) is 1. The number of thioether (sulfide) groups is 1. The zero-order chi connectivity index (χ0) is 18.8. The average molecular weight is 424 g/mol. The van der Waals surface area contributed by atoms with E-state index in [0.717, 1.165) is 24.3 Å². The molecule has 1 aromatic carbocycles. The summed E-state index contributed by atoms with van der Waals surface area (Å²) in [5.74, 6) is 0.220. The number of thiophene rings is 1. The van der Waals surface area contributed by atoms with Crippen molar-refractivity contribution in [2.75, 3.05) is 18.8 Å². The molecule has 0 radical (unpaired) electrons. The third-order valence-electron chi connectivity index (χ3n) is 3.86. The second-order valence-electron chi connectivity index (χ2n) is 5.59. The summed E-state index contributed by atoms with van der Waals surface area (Å²) >= 11 is 3.38. The maximum atomic E-state index is 12.8. The van der Waals surface area contributed by atoms with E-state index in [0.29, 0.717) is 25.3 Å². The first-order valence-electron chi connectivity index (χ1n) is 7.77. The minimum absolute atomic E-state index is 0.0356. The highest BCUT2D eigenvalue weighted by molar-refractivity contribution is 7.99. The molecule has 3 rings (SSSR count). The minimum Gasteiger partial charge on any atom is -0.406 e. The van der Waals surface area contributed by atoms with Gasteiger partial charge in [-0.2, -0.15) is 16.1 Å². The lowest BCUT2D eigenvalue weighted by Crippen LogP contribution is -2.33. The molecule has 1 atom stereocenters. The normalized spacial score (nSPS) is 19.9. The molecule has 26 heavy (non-hydrogen) atoms. The van der Waals surface area contributed by atoms with Crippen molar-refractivity contribution in [1.82, 2.24) is 4.31 Å². The van der Waals surface area contributed by atoms with E-state index in [9.17, 15) is 21.6 Å². The van der Waals surface area contributed by atoms with Crippen molar-refractivity contribution in [3.63, 3.8) is 0 Å². The Bertz CT molecular complexity index is 821. The molecule has 0 spiro atoms. The van der Waals surface area contributed by atoms with E-state index in [1.165, 1.54) is 9.18 Å². The predicted octanol–water partition coefficient (Wildman–Crippen LogP) is 4.52. The number of hydrogen-bond acceptors (Lipinski definition) is 5. The van der Waals surface area contributed by atoms with Gasteiger partial charge in [-0.25, -0.2) is 8.42 Å². The van der Waals surface area contributed by atoms with Gasteiger partial charge in [0.1, 0.15) is 5.75 Å². The van der Waals surface area contributed by atoms with Crippen molar-refractivity contribution < 1.29 is 26.3 Å². The van der Waals surface area contributed by atoms with E-state index in [4.69, 9.17) is 0 Å². The largest absolute Gasteiger partial charge is 0.573 e. The fourth-order valence-corrected chi connectivity index (χ4v) is 6.46. The number of hydrogen-bond donors (Lipinski definition) is 0. The van der Waals surface area contributed by atoms with E-state index in [1.54, 1.807) is 23.1 Å². The standard InChI is InChI=1S/C16H16F3NO3S3/c17-16(18,19)23-12-3-5-13(6-4-12)26(21,22)20-8-7-15(25-11-9-20)14-2-1-10-24-14/h1-6,10,15H,7-9,11H2/t15-/m1/s1. The summed E-state index contributed by atoms with van der Waals surface area (Å²) in [6.07, 6.45) is -4.11. The zero-order valence-corrected chi connectivity index (χ0v) is 15.9. The summed E-state index contributed by atoms with van der Waals surface area (Å²) in [6.45, 7) is 0.744. The Labute approximate surface area is 158 Å². The van der Waals surface area contributed by atoms with Gasteiger partial charge in [0.2, 0.25) is 10.0 Å². The van der Waals surface area contributed by atoms with Gasteiger partial charge in [0, 0.05) is 29.0 Å². The van der Waals surface area contributed by atoms with Crippen LogP contribution in [0.15, 0.2) is 46.7 Å². The Hall–Kier alpha value is -1.23. The Morgan fingerprint density at radius 1 is 1.12 bits per heavy atom. The van der Waals surface area contributed by atoms with Crippen LogP contribution in [0.5, 0.6) is 5.75 Å². The van der Waals surface area contributed by atoms with Gasteiger partial charge < -0.3 is 4.74 Å². The van der Waals surface area contributed by atoms with Crippen LogP contribution in [0.2, 0.25) is 0 Å². The summed E-state index contributed by atoms with van der Waals surface area (Å²) < 4.78 is 67.4.